The fraction of sp³-hybridized carbons (Fsp3) is 0.800. The lowest BCUT2D eigenvalue weighted by Gasteiger charge is -2.37. The van der Waals surface area contributed by atoms with Crippen molar-refractivity contribution < 1.29 is 4.79 Å². The fourth-order valence-corrected chi connectivity index (χ4v) is 4.36. The van der Waals surface area contributed by atoms with Crippen molar-refractivity contribution in [1.29, 1.82) is 0 Å². The molecule has 2 aliphatic carbocycles. The standard InChI is InChI=1S/C15H25N3O/c1-3-15(6-4-5-7-15)13(17-16)14(19)18-10(2)8-11-9-12(11)18/h3,10-13,17H,1,4-9,16H2,2H3/t10?,11-,12+,13-/m1/s1. The molecule has 1 saturated heterocycles. The minimum Gasteiger partial charge on any atom is -0.335 e. The molecule has 0 spiro atoms. The number of fused-ring (bicyclic) bond motifs is 1. The van der Waals surface area contributed by atoms with Gasteiger partial charge in [0.1, 0.15) is 6.04 Å². The molecule has 0 radical (unpaired) electrons. The predicted molar refractivity (Wildman–Crippen MR) is 75.0 cm³/mol. The maximum absolute atomic E-state index is 12.9. The summed E-state index contributed by atoms with van der Waals surface area (Å²) in [5.41, 5.74) is 2.67. The molecule has 3 fully saturated rings. The second-order valence-corrected chi connectivity index (χ2v) is 6.64. The Morgan fingerprint density at radius 2 is 2.16 bits per heavy atom. The van der Waals surface area contributed by atoms with Crippen LogP contribution in [0.5, 0.6) is 0 Å². The van der Waals surface area contributed by atoms with Gasteiger partial charge >= 0.3 is 0 Å². The maximum Gasteiger partial charge on any atom is 0.242 e. The molecule has 4 atom stereocenters. The van der Waals surface area contributed by atoms with Gasteiger partial charge < -0.3 is 4.90 Å². The molecule has 0 aromatic carbocycles. The van der Waals surface area contributed by atoms with Crippen LogP contribution in [-0.4, -0.2) is 28.9 Å². The monoisotopic (exact) mass is 263 g/mol. The van der Waals surface area contributed by atoms with E-state index in [0.29, 0.717) is 12.1 Å². The van der Waals surface area contributed by atoms with E-state index in [4.69, 9.17) is 5.84 Å². The Bertz CT molecular complexity index is 387. The lowest BCUT2D eigenvalue weighted by Crippen LogP contribution is -2.57. The van der Waals surface area contributed by atoms with E-state index in [0.717, 1.165) is 25.2 Å². The van der Waals surface area contributed by atoms with E-state index < -0.39 is 0 Å². The molecular weight excluding hydrogens is 238 g/mol. The molecule has 4 heteroatoms. The number of nitrogens with two attached hydrogens (primary N) is 1. The molecule has 1 unspecified atom stereocenters. The van der Waals surface area contributed by atoms with E-state index in [1.165, 1.54) is 19.3 Å². The van der Waals surface area contributed by atoms with E-state index in [-0.39, 0.29) is 17.4 Å². The van der Waals surface area contributed by atoms with Crippen molar-refractivity contribution in [2.75, 3.05) is 0 Å². The highest BCUT2D eigenvalue weighted by Crippen LogP contribution is 2.49. The topological polar surface area (TPSA) is 58.4 Å². The lowest BCUT2D eigenvalue weighted by molar-refractivity contribution is -0.137. The van der Waals surface area contributed by atoms with Crippen molar-refractivity contribution in [2.45, 2.75) is 63.6 Å². The van der Waals surface area contributed by atoms with Gasteiger partial charge in [0.25, 0.3) is 0 Å². The molecular formula is C15H25N3O. The van der Waals surface area contributed by atoms with Crippen LogP contribution in [0.25, 0.3) is 0 Å². The summed E-state index contributed by atoms with van der Waals surface area (Å²) in [5.74, 6) is 6.69. The van der Waals surface area contributed by atoms with Crippen LogP contribution in [0.4, 0.5) is 0 Å². The third-order valence-corrected chi connectivity index (χ3v) is 5.55. The van der Waals surface area contributed by atoms with E-state index >= 15 is 0 Å². The van der Waals surface area contributed by atoms with Crippen LogP contribution in [-0.2, 0) is 4.79 Å². The smallest absolute Gasteiger partial charge is 0.242 e. The highest BCUT2D eigenvalue weighted by molar-refractivity contribution is 5.84. The van der Waals surface area contributed by atoms with Crippen molar-refractivity contribution in [3.05, 3.63) is 12.7 Å². The highest BCUT2D eigenvalue weighted by atomic mass is 16.2. The predicted octanol–water partition coefficient (Wildman–Crippen LogP) is 1.57. The second-order valence-electron chi connectivity index (χ2n) is 6.64. The van der Waals surface area contributed by atoms with Gasteiger partial charge in [-0.1, -0.05) is 18.9 Å². The molecule has 3 rings (SSSR count). The van der Waals surface area contributed by atoms with Crippen molar-refractivity contribution in [1.82, 2.24) is 10.3 Å². The zero-order chi connectivity index (χ0) is 13.6. The summed E-state index contributed by atoms with van der Waals surface area (Å²) in [6.45, 7) is 6.13. The van der Waals surface area contributed by atoms with E-state index in [1.54, 1.807) is 0 Å². The maximum atomic E-state index is 12.9. The van der Waals surface area contributed by atoms with Crippen LogP contribution < -0.4 is 11.3 Å². The molecule has 3 aliphatic rings. The van der Waals surface area contributed by atoms with Crippen molar-refractivity contribution in [2.24, 2.45) is 17.2 Å². The quantitative estimate of drug-likeness (QED) is 0.460. The Hall–Kier alpha value is -0.870. The fourth-order valence-electron chi connectivity index (χ4n) is 4.36. The zero-order valence-corrected chi connectivity index (χ0v) is 11.8. The number of hydrogen-bond acceptors (Lipinski definition) is 3. The number of carbonyl (C=O) groups is 1. The Kier molecular flexibility index (Phi) is 3.18. The number of hydrogen-bond donors (Lipinski definition) is 2. The molecule has 1 heterocycles. The van der Waals surface area contributed by atoms with Gasteiger partial charge in [-0.05, 0) is 38.5 Å². The third-order valence-electron chi connectivity index (χ3n) is 5.55. The summed E-state index contributed by atoms with van der Waals surface area (Å²) < 4.78 is 0. The van der Waals surface area contributed by atoms with Crippen molar-refractivity contribution in [3.63, 3.8) is 0 Å². The SMILES string of the molecule is C=CC1([C@H](NN)C(=O)N2C(C)C[C@@H]3C[C@@H]32)CCCC1. The largest absolute Gasteiger partial charge is 0.335 e. The van der Waals surface area contributed by atoms with E-state index in [9.17, 15) is 4.79 Å². The van der Waals surface area contributed by atoms with Crippen LogP contribution in [0.15, 0.2) is 12.7 Å². The molecule has 19 heavy (non-hydrogen) atoms. The minimum absolute atomic E-state index is 0.140. The molecule has 0 aromatic rings. The summed E-state index contributed by atoms with van der Waals surface area (Å²) in [7, 11) is 0. The Morgan fingerprint density at radius 1 is 1.47 bits per heavy atom. The average molecular weight is 263 g/mol. The number of likely N-dealkylation sites (tertiary alicyclic amines) is 1. The van der Waals surface area contributed by atoms with E-state index in [1.807, 2.05) is 6.08 Å². The first-order valence-electron chi connectivity index (χ1n) is 7.55. The first-order chi connectivity index (χ1) is 9.13. The normalized spacial score (nSPS) is 36.9. The minimum atomic E-state index is -0.297. The van der Waals surface area contributed by atoms with Crippen molar-refractivity contribution in [3.8, 4) is 0 Å². The molecule has 0 bridgehead atoms. The number of nitrogens with zero attached hydrogens (tertiary/aromatic N) is 1. The molecule has 4 nitrogen and oxygen atoms in total. The molecule has 106 valence electrons. The third kappa shape index (κ3) is 1.93. The first-order valence-corrected chi connectivity index (χ1v) is 7.55. The van der Waals surface area contributed by atoms with Gasteiger partial charge in [0.05, 0.1) is 0 Å². The number of piperidine rings is 1. The summed E-state index contributed by atoms with van der Waals surface area (Å²) in [6, 6.07) is 0.561. The molecule has 2 saturated carbocycles. The summed E-state index contributed by atoms with van der Waals surface area (Å²) in [4.78, 5) is 15.0. The molecule has 3 N–H and O–H groups in total. The number of rotatable bonds is 4. The number of amides is 1. The number of nitrogens with one attached hydrogen (secondary N) is 1. The van der Waals surface area contributed by atoms with Crippen LogP contribution in [0.1, 0.15) is 45.4 Å². The Morgan fingerprint density at radius 3 is 2.63 bits per heavy atom. The number of hydrazine groups is 1. The molecule has 1 amide bonds. The zero-order valence-electron chi connectivity index (χ0n) is 11.8. The first kappa shape index (κ1) is 13.1. The summed E-state index contributed by atoms with van der Waals surface area (Å²) >= 11 is 0. The highest BCUT2D eigenvalue weighted by Gasteiger charge is 2.55. The van der Waals surface area contributed by atoms with Crippen molar-refractivity contribution >= 4 is 5.91 Å². The van der Waals surface area contributed by atoms with Gasteiger partial charge in [-0.3, -0.25) is 10.6 Å². The summed E-state index contributed by atoms with van der Waals surface area (Å²) in [5, 5.41) is 0. The van der Waals surface area contributed by atoms with Crippen LogP contribution in [0, 0.1) is 11.3 Å². The Labute approximate surface area is 115 Å². The summed E-state index contributed by atoms with van der Waals surface area (Å²) in [6.07, 6.45) is 8.69. The lowest BCUT2D eigenvalue weighted by atomic mass is 9.78. The Balaban J connectivity index is 1.81. The molecule has 1 aliphatic heterocycles. The van der Waals surface area contributed by atoms with Crippen LogP contribution >= 0.6 is 0 Å². The van der Waals surface area contributed by atoms with Gasteiger partial charge in [-0.25, -0.2) is 5.43 Å². The van der Waals surface area contributed by atoms with Gasteiger partial charge in [0, 0.05) is 17.5 Å². The van der Waals surface area contributed by atoms with Gasteiger partial charge in [-0.15, -0.1) is 6.58 Å². The van der Waals surface area contributed by atoms with Gasteiger partial charge in [-0.2, -0.15) is 0 Å². The van der Waals surface area contributed by atoms with Gasteiger partial charge in [0.15, 0.2) is 0 Å². The van der Waals surface area contributed by atoms with E-state index in [2.05, 4.69) is 23.8 Å². The second kappa shape index (κ2) is 4.60. The van der Waals surface area contributed by atoms with Gasteiger partial charge in [0.2, 0.25) is 5.91 Å². The van der Waals surface area contributed by atoms with Crippen LogP contribution in [0.2, 0.25) is 0 Å². The number of carbonyl (C=O) groups excluding carboxylic acids is 1. The van der Waals surface area contributed by atoms with Crippen LogP contribution in [0.3, 0.4) is 0 Å². The molecule has 0 aromatic heterocycles. The average Bonchev–Trinajstić information content (AvgIpc) is 2.87.